The second kappa shape index (κ2) is 6.08. The lowest BCUT2D eigenvalue weighted by Gasteiger charge is -2.40. The highest BCUT2D eigenvalue weighted by Gasteiger charge is 2.42. The molecular formula is C15H21N3O4. The molecule has 1 amide bonds. The molecule has 2 fully saturated rings. The maximum atomic E-state index is 12.4. The highest BCUT2D eigenvalue weighted by atomic mass is 16.5. The number of carbonyl (C=O) groups excluding carboxylic acids is 1. The van der Waals surface area contributed by atoms with Gasteiger partial charge >= 0.3 is 5.97 Å². The summed E-state index contributed by atoms with van der Waals surface area (Å²) < 4.78 is 7.26. The number of piperidine rings is 1. The van der Waals surface area contributed by atoms with E-state index in [0.717, 1.165) is 18.4 Å². The lowest BCUT2D eigenvalue weighted by Crippen LogP contribution is -2.48. The summed E-state index contributed by atoms with van der Waals surface area (Å²) in [7, 11) is 1.79. The number of carbonyl (C=O) groups is 2. The van der Waals surface area contributed by atoms with E-state index in [1.54, 1.807) is 29.0 Å². The van der Waals surface area contributed by atoms with E-state index in [1.165, 1.54) is 0 Å². The van der Waals surface area contributed by atoms with E-state index in [4.69, 9.17) is 4.74 Å². The summed E-state index contributed by atoms with van der Waals surface area (Å²) in [6.07, 6.45) is 6.02. The van der Waals surface area contributed by atoms with Gasteiger partial charge in [-0.2, -0.15) is 5.10 Å². The quantitative estimate of drug-likeness (QED) is 0.895. The van der Waals surface area contributed by atoms with Crippen molar-refractivity contribution in [1.82, 2.24) is 14.7 Å². The number of nitrogens with zero attached hydrogens (tertiary/aromatic N) is 3. The topological polar surface area (TPSA) is 84.7 Å². The number of carboxylic acids is 1. The highest BCUT2D eigenvalue weighted by Crippen LogP contribution is 2.37. The van der Waals surface area contributed by atoms with Gasteiger partial charge in [0.1, 0.15) is 0 Å². The summed E-state index contributed by atoms with van der Waals surface area (Å²) in [4.78, 5) is 25.7. The van der Waals surface area contributed by atoms with Gasteiger partial charge in [0, 0.05) is 38.4 Å². The molecule has 0 spiro atoms. The summed E-state index contributed by atoms with van der Waals surface area (Å²) in [5, 5.41) is 13.7. The molecule has 1 aromatic rings. The number of hydrogen-bond acceptors (Lipinski definition) is 4. The van der Waals surface area contributed by atoms with E-state index >= 15 is 0 Å². The van der Waals surface area contributed by atoms with Gasteiger partial charge in [-0.1, -0.05) is 0 Å². The molecule has 2 saturated heterocycles. The van der Waals surface area contributed by atoms with Crippen LogP contribution in [0.4, 0.5) is 0 Å². The maximum absolute atomic E-state index is 12.4. The van der Waals surface area contributed by atoms with Gasteiger partial charge in [0.25, 0.3) is 0 Å². The van der Waals surface area contributed by atoms with Gasteiger partial charge in [-0.05, 0) is 19.3 Å². The number of aliphatic carboxylic acids is 1. The second-order valence-corrected chi connectivity index (χ2v) is 6.06. The molecule has 22 heavy (non-hydrogen) atoms. The van der Waals surface area contributed by atoms with E-state index in [2.05, 4.69) is 5.10 Å². The second-order valence-electron chi connectivity index (χ2n) is 6.06. The van der Waals surface area contributed by atoms with Crippen LogP contribution in [0.2, 0.25) is 0 Å². The first-order chi connectivity index (χ1) is 10.6. The molecule has 120 valence electrons. The van der Waals surface area contributed by atoms with Crippen LogP contribution in [0.15, 0.2) is 12.4 Å². The molecule has 0 aromatic carbocycles. The van der Waals surface area contributed by atoms with Crippen molar-refractivity contribution in [3.05, 3.63) is 18.0 Å². The number of rotatable bonds is 4. The largest absolute Gasteiger partial charge is 0.481 e. The SMILES string of the molecule is Cn1cc(C2C(C(=O)O)CCC(=O)N2CC2CCCO2)cn1. The molecule has 0 aliphatic carbocycles. The average Bonchev–Trinajstić information content (AvgIpc) is 3.12. The Hall–Kier alpha value is -1.89. The summed E-state index contributed by atoms with van der Waals surface area (Å²) in [6.45, 7) is 1.18. The van der Waals surface area contributed by atoms with Crippen LogP contribution in [0.3, 0.4) is 0 Å². The third-order valence-corrected chi connectivity index (χ3v) is 4.51. The fraction of sp³-hybridized carbons (Fsp3) is 0.667. The predicted octanol–water partition coefficient (Wildman–Crippen LogP) is 0.963. The first-order valence-electron chi connectivity index (χ1n) is 7.68. The molecule has 3 rings (SSSR count). The van der Waals surface area contributed by atoms with Gasteiger partial charge in [0.2, 0.25) is 5.91 Å². The van der Waals surface area contributed by atoms with Crippen LogP contribution in [0, 0.1) is 5.92 Å². The molecule has 3 atom stereocenters. The van der Waals surface area contributed by atoms with Crippen molar-refractivity contribution in [3.63, 3.8) is 0 Å². The minimum atomic E-state index is -0.862. The lowest BCUT2D eigenvalue weighted by molar-refractivity contribution is -0.153. The van der Waals surface area contributed by atoms with Crippen molar-refractivity contribution < 1.29 is 19.4 Å². The fourth-order valence-electron chi connectivity index (χ4n) is 3.44. The molecule has 1 aromatic heterocycles. The number of hydrogen-bond donors (Lipinski definition) is 1. The molecule has 0 saturated carbocycles. The molecule has 1 N–H and O–H groups in total. The van der Waals surface area contributed by atoms with E-state index in [1.807, 2.05) is 0 Å². The lowest BCUT2D eigenvalue weighted by atomic mass is 9.85. The van der Waals surface area contributed by atoms with E-state index < -0.39 is 17.9 Å². The number of amides is 1. The van der Waals surface area contributed by atoms with Crippen molar-refractivity contribution in [3.8, 4) is 0 Å². The van der Waals surface area contributed by atoms with Gasteiger partial charge in [-0.25, -0.2) is 0 Å². The zero-order valence-corrected chi connectivity index (χ0v) is 12.6. The third-order valence-electron chi connectivity index (χ3n) is 4.51. The molecule has 7 heteroatoms. The normalized spacial score (nSPS) is 29.0. The molecule has 2 aliphatic rings. The Morgan fingerprint density at radius 3 is 2.91 bits per heavy atom. The van der Waals surface area contributed by atoms with Gasteiger partial charge in [-0.3, -0.25) is 14.3 Å². The van der Waals surface area contributed by atoms with E-state index in [9.17, 15) is 14.7 Å². The first-order valence-corrected chi connectivity index (χ1v) is 7.68. The van der Waals surface area contributed by atoms with Crippen LogP contribution in [0.5, 0.6) is 0 Å². The molecule has 0 radical (unpaired) electrons. The van der Waals surface area contributed by atoms with Crippen LogP contribution in [-0.4, -0.2) is 50.9 Å². The molecule has 0 bridgehead atoms. The standard InChI is InChI=1S/C15H21N3O4/c1-17-8-10(7-16-17)14-12(15(20)21)4-5-13(19)18(14)9-11-3-2-6-22-11/h7-8,11-12,14H,2-6,9H2,1H3,(H,20,21). The summed E-state index contributed by atoms with van der Waals surface area (Å²) in [6, 6.07) is -0.461. The van der Waals surface area contributed by atoms with Gasteiger partial charge < -0.3 is 14.7 Å². The molecule has 7 nitrogen and oxygen atoms in total. The van der Waals surface area contributed by atoms with E-state index in [-0.39, 0.29) is 18.4 Å². The maximum Gasteiger partial charge on any atom is 0.308 e. The van der Waals surface area contributed by atoms with Crippen molar-refractivity contribution in [2.75, 3.05) is 13.2 Å². The fourth-order valence-corrected chi connectivity index (χ4v) is 3.44. The Kier molecular flexibility index (Phi) is 4.15. The molecule has 2 aliphatic heterocycles. The van der Waals surface area contributed by atoms with Crippen molar-refractivity contribution >= 4 is 11.9 Å². The van der Waals surface area contributed by atoms with Crippen molar-refractivity contribution in [2.24, 2.45) is 13.0 Å². The van der Waals surface area contributed by atoms with Crippen LogP contribution < -0.4 is 0 Å². The zero-order valence-electron chi connectivity index (χ0n) is 12.6. The number of carboxylic acid groups (broad SMARTS) is 1. The van der Waals surface area contributed by atoms with E-state index in [0.29, 0.717) is 19.6 Å². The predicted molar refractivity (Wildman–Crippen MR) is 77.0 cm³/mol. The van der Waals surface area contributed by atoms with Crippen molar-refractivity contribution in [2.45, 2.75) is 37.8 Å². The summed E-state index contributed by atoms with van der Waals surface area (Å²) >= 11 is 0. The Morgan fingerprint density at radius 2 is 2.32 bits per heavy atom. The number of aryl methyl sites for hydroxylation is 1. The molecular weight excluding hydrogens is 286 g/mol. The van der Waals surface area contributed by atoms with Crippen LogP contribution >= 0.6 is 0 Å². The highest BCUT2D eigenvalue weighted by molar-refractivity contribution is 5.81. The van der Waals surface area contributed by atoms with Gasteiger partial charge in [-0.15, -0.1) is 0 Å². The summed E-state index contributed by atoms with van der Waals surface area (Å²) in [5.41, 5.74) is 0.779. The molecule has 3 unspecified atom stereocenters. The van der Waals surface area contributed by atoms with Crippen LogP contribution in [-0.2, 0) is 21.4 Å². The van der Waals surface area contributed by atoms with Crippen LogP contribution in [0.25, 0.3) is 0 Å². The smallest absolute Gasteiger partial charge is 0.308 e. The summed E-state index contributed by atoms with van der Waals surface area (Å²) in [5.74, 6) is -1.45. The average molecular weight is 307 g/mol. The minimum absolute atomic E-state index is 0.00172. The number of likely N-dealkylation sites (tertiary alicyclic amines) is 1. The third kappa shape index (κ3) is 2.85. The van der Waals surface area contributed by atoms with Crippen molar-refractivity contribution in [1.29, 1.82) is 0 Å². The Balaban J connectivity index is 1.90. The monoisotopic (exact) mass is 307 g/mol. The first kappa shape index (κ1) is 15.0. The number of ether oxygens (including phenoxy) is 1. The number of aromatic nitrogens is 2. The Labute approximate surface area is 128 Å². The Morgan fingerprint density at radius 1 is 1.50 bits per heavy atom. The van der Waals surface area contributed by atoms with Crippen LogP contribution in [0.1, 0.15) is 37.3 Å². The molecule has 3 heterocycles. The zero-order chi connectivity index (χ0) is 15.7. The minimum Gasteiger partial charge on any atom is -0.481 e. The van der Waals surface area contributed by atoms with Gasteiger partial charge in [0.15, 0.2) is 0 Å². The van der Waals surface area contributed by atoms with Gasteiger partial charge in [0.05, 0.1) is 24.3 Å². The Bertz CT molecular complexity index is 565.